The van der Waals surface area contributed by atoms with Crippen molar-refractivity contribution in [1.29, 1.82) is 0 Å². The number of hydrogen-bond donors (Lipinski definition) is 3. The molecule has 0 saturated heterocycles. The number of phosphoric acid groups is 2. The molecule has 0 spiro atoms. The maximum atomic E-state index is 13.0. The molecule has 5 unspecified atom stereocenters. The maximum Gasteiger partial charge on any atom is 0.472 e. The fraction of sp³-hybridized carbons (Fsp3) is 0.943. The average molecular weight is 1310 g/mol. The van der Waals surface area contributed by atoms with Crippen molar-refractivity contribution in [2.75, 3.05) is 39.6 Å². The highest BCUT2D eigenvalue weighted by atomic mass is 31.2. The summed E-state index contributed by atoms with van der Waals surface area (Å²) in [6, 6.07) is 0. The van der Waals surface area contributed by atoms with Crippen molar-refractivity contribution in [3.63, 3.8) is 0 Å². The molecule has 0 rings (SSSR count). The Morgan fingerprint density at radius 1 is 0.315 bits per heavy atom. The van der Waals surface area contributed by atoms with Crippen molar-refractivity contribution < 1.29 is 80.2 Å². The van der Waals surface area contributed by atoms with Crippen molar-refractivity contribution in [3.8, 4) is 0 Å². The van der Waals surface area contributed by atoms with Crippen LogP contribution in [0.3, 0.4) is 0 Å². The number of rotatable bonds is 67. The normalized spacial score (nSPS) is 14.9. The van der Waals surface area contributed by atoms with Gasteiger partial charge in [0.25, 0.3) is 0 Å². The second kappa shape index (κ2) is 59.8. The van der Waals surface area contributed by atoms with Gasteiger partial charge in [-0.2, -0.15) is 0 Å². The molecule has 0 aliphatic rings. The van der Waals surface area contributed by atoms with Crippen molar-refractivity contribution in [2.24, 2.45) is 23.7 Å². The predicted octanol–water partition coefficient (Wildman–Crippen LogP) is 19.7. The Labute approximate surface area is 543 Å². The molecule has 0 heterocycles. The minimum Gasteiger partial charge on any atom is -0.462 e. The number of ether oxygens (including phenoxy) is 4. The summed E-state index contributed by atoms with van der Waals surface area (Å²) in [4.78, 5) is 72.5. The van der Waals surface area contributed by atoms with Gasteiger partial charge in [0.2, 0.25) is 0 Å². The summed E-state index contributed by atoms with van der Waals surface area (Å²) in [5, 5.41) is 10.6. The Morgan fingerprint density at radius 2 is 0.539 bits per heavy atom. The highest BCUT2D eigenvalue weighted by Crippen LogP contribution is 2.45. The number of carbonyl (C=O) groups excluding carboxylic acids is 4. The van der Waals surface area contributed by atoms with Crippen LogP contribution < -0.4 is 0 Å². The van der Waals surface area contributed by atoms with Gasteiger partial charge in [-0.25, -0.2) is 9.13 Å². The van der Waals surface area contributed by atoms with Gasteiger partial charge in [0.1, 0.15) is 19.3 Å². The molecule has 0 aromatic heterocycles. The number of esters is 4. The SMILES string of the molecule is CCC(C)CCCCCCCCCCCCCCCCC(=O)O[C@H](COC(=O)CCCCCCCCC(C)C)COP(=O)(O)OCC(O)COP(=O)(O)OC[C@@H](COC(=O)CCCCCCCCCC(C)C)OC(=O)CCCCCCCCCCC(C)CC. The Kier molecular flexibility index (Phi) is 58.5. The Bertz CT molecular complexity index is 1770. The number of aliphatic hydroxyl groups is 1. The van der Waals surface area contributed by atoms with Gasteiger partial charge < -0.3 is 33.8 Å². The zero-order chi connectivity index (χ0) is 66.1. The molecule has 0 aromatic rings. The molecule has 7 atom stereocenters. The fourth-order valence-corrected chi connectivity index (χ4v) is 12.0. The van der Waals surface area contributed by atoms with Gasteiger partial charge in [-0.05, 0) is 49.4 Å². The van der Waals surface area contributed by atoms with Crippen LogP contribution in [-0.4, -0.2) is 96.7 Å². The van der Waals surface area contributed by atoms with E-state index in [9.17, 15) is 43.2 Å². The third-order valence-corrected chi connectivity index (χ3v) is 18.7. The van der Waals surface area contributed by atoms with Gasteiger partial charge in [0.15, 0.2) is 12.2 Å². The van der Waals surface area contributed by atoms with Crippen LogP contribution in [0.15, 0.2) is 0 Å². The number of phosphoric ester groups is 2. The lowest BCUT2D eigenvalue weighted by Gasteiger charge is -2.21. The summed E-state index contributed by atoms with van der Waals surface area (Å²) in [5.74, 6) is 0.866. The van der Waals surface area contributed by atoms with Crippen molar-refractivity contribution in [2.45, 2.75) is 363 Å². The van der Waals surface area contributed by atoms with E-state index in [-0.39, 0.29) is 25.7 Å². The minimum atomic E-state index is -4.95. The number of carbonyl (C=O) groups is 4. The molecule has 17 nitrogen and oxygen atoms in total. The van der Waals surface area contributed by atoms with E-state index in [1.165, 1.54) is 135 Å². The first-order valence-corrected chi connectivity index (χ1v) is 39.3. The predicted molar refractivity (Wildman–Crippen MR) is 358 cm³/mol. The van der Waals surface area contributed by atoms with Gasteiger partial charge in [0, 0.05) is 25.7 Å². The van der Waals surface area contributed by atoms with Crippen LogP contribution in [0.5, 0.6) is 0 Å². The summed E-state index contributed by atoms with van der Waals surface area (Å²) < 4.78 is 68.2. The van der Waals surface area contributed by atoms with E-state index in [0.717, 1.165) is 115 Å². The second-order valence-electron chi connectivity index (χ2n) is 26.7. The number of hydrogen-bond acceptors (Lipinski definition) is 15. The van der Waals surface area contributed by atoms with E-state index in [0.29, 0.717) is 37.5 Å². The van der Waals surface area contributed by atoms with Crippen LogP contribution in [0.1, 0.15) is 344 Å². The highest BCUT2D eigenvalue weighted by molar-refractivity contribution is 7.47. The Morgan fingerprint density at radius 3 is 0.798 bits per heavy atom. The lowest BCUT2D eigenvalue weighted by atomic mass is 9.99. The summed E-state index contributed by atoms with van der Waals surface area (Å²) in [7, 11) is -9.90. The zero-order valence-electron chi connectivity index (χ0n) is 58.1. The lowest BCUT2D eigenvalue weighted by Crippen LogP contribution is -2.30. The van der Waals surface area contributed by atoms with Crippen molar-refractivity contribution in [3.05, 3.63) is 0 Å². The van der Waals surface area contributed by atoms with Crippen LogP contribution in [0.4, 0.5) is 0 Å². The van der Waals surface area contributed by atoms with E-state index in [1.54, 1.807) is 0 Å². The third-order valence-electron chi connectivity index (χ3n) is 16.8. The molecule has 89 heavy (non-hydrogen) atoms. The van der Waals surface area contributed by atoms with E-state index in [1.807, 2.05) is 0 Å². The first kappa shape index (κ1) is 87.1. The largest absolute Gasteiger partial charge is 0.472 e. The summed E-state index contributed by atoms with van der Waals surface area (Å²) >= 11 is 0. The molecule has 0 aliphatic heterocycles. The van der Waals surface area contributed by atoms with Gasteiger partial charge in [-0.15, -0.1) is 0 Å². The lowest BCUT2D eigenvalue weighted by molar-refractivity contribution is -0.161. The number of unbranched alkanes of at least 4 members (excludes halogenated alkanes) is 31. The first-order chi connectivity index (χ1) is 42.7. The van der Waals surface area contributed by atoms with Gasteiger partial charge in [0.05, 0.1) is 26.4 Å². The monoisotopic (exact) mass is 1310 g/mol. The quantitative estimate of drug-likeness (QED) is 0.0222. The molecule has 0 saturated carbocycles. The standard InChI is InChI=1S/C70H136O17P2/c1-9-62(7)48-40-32-23-17-15-13-11-12-14-16-18-25-36-44-52-69(74)86-66(57-81-68(73)51-43-35-29-28-31-39-47-61(5)6)59-85-89(78,79)83-55-64(71)54-82-88(76,77)84-58-65(56-80-67(72)50-42-34-27-21-22-30-38-46-60(3)4)87-70(75)53-45-37-26-20-19-24-33-41-49-63(8)10-2/h60-66,71H,9-59H2,1-8H3,(H,76,77)(H,78,79)/t62?,63?,64?,65-,66-/m1/s1. The van der Waals surface area contributed by atoms with E-state index in [4.69, 9.17) is 37.0 Å². The van der Waals surface area contributed by atoms with Crippen molar-refractivity contribution >= 4 is 39.5 Å². The summed E-state index contributed by atoms with van der Waals surface area (Å²) in [5.41, 5.74) is 0. The van der Waals surface area contributed by atoms with Crippen LogP contribution >= 0.6 is 15.6 Å². The number of aliphatic hydroxyl groups excluding tert-OH is 1. The zero-order valence-corrected chi connectivity index (χ0v) is 59.8. The molecular weight excluding hydrogens is 1170 g/mol. The maximum absolute atomic E-state index is 13.0. The smallest absolute Gasteiger partial charge is 0.462 e. The Hall–Kier alpha value is -1.94. The molecule has 0 radical (unpaired) electrons. The second-order valence-corrected chi connectivity index (χ2v) is 29.6. The highest BCUT2D eigenvalue weighted by Gasteiger charge is 2.30. The third kappa shape index (κ3) is 62.0. The van der Waals surface area contributed by atoms with Gasteiger partial charge in [-0.1, -0.05) is 293 Å². The molecule has 0 fully saturated rings. The van der Waals surface area contributed by atoms with Crippen LogP contribution in [0.25, 0.3) is 0 Å². The molecular formula is C70H136O17P2. The van der Waals surface area contributed by atoms with E-state index < -0.39 is 97.5 Å². The van der Waals surface area contributed by atoms with Crippen molar-refractivity contribution in [1.82, 2.24) is 0 Å². The molecule has 0 bridgehead atoms. The summed E-state index contributed by atoms with van der Waals surface area (Å²) in [6.07, 6.45) is 41.8. The van der Waals surface area contributed by atoms with Crippen LogP contribution in [-0.2, 0) is 65.4 Å². The van der Waals surface area contributed by atoms with E-state index in [2.05, 4.69) is 55.4 Å². The average Bonchev–Trinajstić information content (AvgIpc) is 3.56. The molecule has 0 amide bonds. The first-order valence-electron chi connectivity index (χ1n) is 36.3. The molecule has 528 valence electrons. The fourth-order valence-electron chi connectivity index (χ4n) is 10.4. The molecule has 0 aromatic carbocycles. The van der Waals surface area contributed by atoms with Crippen LogP contribution in [0.2, 0.25) is 0 Å². The molecule has 3 N–H and O–H groups in total. The molecule has 19 heteroatoms. The van der Waals surface area contributed by atoms with Gasteiger partial charge >= 0.3 is 39.5 Å². The van der Waals surface area contributed by atoms with E-state index >= 15 is 0 Å². The summed E-state index contributed by atoms with van der Waals surface area (Å²) in [6.45, 7) is 14.1. The van der Waals surface area contributed by atoms with Crippen LogP contribution in [0, 0.1) is 23.7 Å². The topological polar surface area (TPSA) is 237 Å². The minimum absolute atomic E-state index is 0.104. The Balaban J connectivity index is 5.21. The molecule has 0 aliphatic carbocycles. The van der Waals surface area contributed by atoms with Gasteiger partial charge in [-0.3, -0.25) is 37.3 Å².